The zero-order valence-electron chi connectivity index (χ0n) is 10.8. The van der Waals surface area contributed by atoms with Gasteiger partial charge in [-0.25, -0.2) is 0 Å². The molecule has 0 aliphatic carbocycles. The number of carbonyl (C=O) groups excluding carboxylic acids is 1. The van der Waals surface area contributed by atoms with Crippen molar-refractivity contribution in [2.24, 2.45) is 5.73 Å². The fraction of sp³-hybridized carbons (Fsp3) is 0.800. The maximum atomic E-state index is 9.90. The maximum absolute atomic E-state index is 9.90. The Balaban J connectivity index is 0. The Morgan fingerprint density at radius 2 is 1.60 bits per heavy atom. The zero-order valence-corrected chi connectivity index (χ0v) is 10.8. The van der Waals surface area contributed by atoms with Gasteiger partial charge < -0.3 is 46.3 Å². The first-order valence-electron chi connectivity index (χ1n) is 5.54. The van der Waals surface area contributed by atoms with Gasteiger partial charge in [0, 0.05) is 0 Å². The third kappa shape index (κ3) is 8.12. The van der Waals surface area contributed by atoms with Crippen molar-refractivity contribution in [3.8, 4) is 0 Å². The van der Waals surface area contributed by atoms with Crippen LogP contribution in [0.2, 0.25) is 0 Å². The Bertz CT molecular complexity index is 286. The molecule has 0 saturated heterocycles. The van der Waals surface area contributed by atoms with Crippen molar-refractivity contribution in [1.82, 2.24) is 0 Å². The number of rotatable bonds is 7. The summed E-state index contributed by atoms with van der Waals surface area (Å²) >= 11 is 0. The van der Waals surface area contributed by atoms with E-state index in [2.05, 4.69) is 0 Å². The second kappa shape index (κ2) is 10.6. The Hall–Kier alpha value is -1.14. The Morgan fingerprint density at radius 1 is 1.15 bits per heavy atom. The van der Waals surface area contributed by atoms with Crippen molar-refractivity contribution >= 4 is 12.3 Å². The summed E-state index contributed by atoms with van der Waals surface area (Å²) in [5, 5.41) is 60.1. The Labute approximate surface area is 114 Å². The molecule has 0 rings (SSSR count). The molecule has 20 heavy (non-hydrogen) atoms. The molecular formula is C10H21NO9. The molecule has 0 aliphatic rings. The number of aliphatic hydroxyl groups is 6. The summed E-state index contributed by atoms with van der Waals surface area (Å²) < 4.78 is 0. The van der Waals surface area contributed by atoms with Gasteiger partial charge in [0.1, 0.15) is 30.5 Å². The largest absolute Gasteiger partial charge is 0.480 e. The van der Waals surface area contributed by atoms with Gasteiger partial charge in [-0.05, 0) is 6.92 Å². The number of hydrogen-bond acceptors (Lipinski definition) is 9. The summed E-state index contributed by atoms with van der Waals surface area (Å²) in [6, 6.07) is -1.16. The summed E-state index contributed by atoms with van der Waals surface area (Å²) in [6.07, 6.45) is -7.82. The second-order valence-electron chi connectivity index (χ2n) is 3.96. The molecule has 0 aromatic carbocycles. The van der Waals surface area contributed by atoms with Crippen molar-refractivity contribution in [1.29, 1.82) is 0 Å². The molecular weight excluding hydrogens is 278 g/mol. The van der Waals surface area contributed by atoms with E-state index in [1.165, 1.54) is 6.92 Å². The average molecular weight is 299 g/mol. The van der Waals surface area contributed by atoms with Gasteiger partial charge in [-0.2, -0.15) is 0 Å². The van der Waals surface area contributed by atoms with E-state index in [0.29, 0.717) is 0 Å². The molecule has 0 heterocycles. The average Bonchev–Trinajstić information content (AvgIpc) is 2.43. The molecule has 0 radical (unpaired) electrons. The number of hydrogen-bond donors (Lipinski definition) is 8. The minimum atomic E-state index is -1.79. The molecule has 0 amide bonds. The van der Waals surface area contributed by atoms with Crippen LogP contribution in [-0.2, 0) is 9.59 Å². The highest BCUT2D eigenvalue weighted by atomic mass is 16.4. The van der Waals surface area contributed by atoms with Gasteiger partial charge in [-0.1, -0.05) is 0 Å². The van der Waals surface area contributed by atoms with Crippen molar-refractivity contribution in [3.05, 3.63) is 0 Å². The summed E-state index contributed by atoms with van der Waals surface area (Å²) in [5.74, 6) is -1.18. The summed E-state index contributed by atoms with van der Waals surface area (Å²) in [4.78, 5) is 19.8. The Kier molecular flexibility index (Phi) is 11.2. The number of nitrogens with two attached hydrogens (primary N) is 1. The molecule has 0 bridgehead atoms. The van der Waals surface area contributed by atoms with Gasteiger partial charge in [-0.15, -0.1) is 0 Å². The van der Waals surface area contributed by atoms with Crippen LogP contribution in [0.1, 0.15) is 6.92 Å². The molecule has 10 nitrogen and oxygen atoms in total. The first-order valence-corrected chi connectivity index (χ1v) is 5.54. The van der Waals surface area contributed by atoms with Gasteiger partial charge in [0.15, 0.2) is 6.29 Å². The molecule has 6 atom stereocenters. The fourth-order valence-corrected chi connectivity index (χ4v) is 0.824. The SMILES string of the molecule is CC(O)C(N)C(=O)O.O=CC(O)C(O)C(O)C(O)CO. The number of carbonyl (C=O) groups is 2. The topological polar surface area (TPSA) is 202 Å². The van der Waals surface area contributed by atoms with Crippen LogP contribution in [-0.4, -0.2) is 91.2 Å². The van der Waals surface area contributed by atoms with Crippen molar-refractivity contribution in [3.63, 3.8) is 0 Å². The van der Waals surface area contributed by atoms with Crippen LogP contribution in [0.4, 0.5) is 0 Å². The van der Waals surface area contributed by atoms with Crippen molar-refractivity contribution in [2.45, 2.75) is 43.5 Å². The lowest BCUT2D eigenvalue weighted by Crippen LogP contribution is -2.46. The Morgan fingerprint density at radius 3 is 1.80 bits per heavy atom. The second-order valence-corrected chi connectivity index (χ2v) is 3.96. The van der Waals surface area contributed by atoms with Gasteiger partial charge >= 0.3 is 5.97 Å². The van der Waals surface area contributed by atoms with E-state index in [9.17, 15) is 9.59 Å². The standard InChI is InChI=1S/C6H12O6.C4H9NO3/c7-1-3(9)5(11)6(12)4(10)2-8;1-2(6)3(5)4(7)8/h1,3-6,8-12H,2H2;2-3,6H,5H2,1H3,(H,7,8). The zero-order chi connectivity index (χ0) is 16.5. The summed E-state index contributed by atoms with van der Waals surface area (Å²) in [7, 11) is 0. The highest BCUT2D eigenvalue weighted by Gasteiger charge is 2.29. The predicted octanol–water partition coefficient (Wildman–Crippen LogP) is -4.60. The van der Waals surface area contributed by atoms with Crippen molar-refractivity contribution in [2.75, 3.05) is 6.61 Å². The van der Waals surface area contributed by atoms with E-state index in [4.69, 9.17) is 41.5 Å². The van der Waals surface area contributed by atoms with E-state index < -0.39 is 49.1 Å². The molecule has 0 saturated carbocycles. The third-order valence-corrected chi connectivity index (χ3v) is 2.23. The molecule has 0 aromatic heterocycles. The highest BCUT2D eigenvalue weighted by Crippen LogP contribution is 2.02. The molecule has 0 aliphatic heterocycles. The minimum Gasteiger partial charge on any atom is -0.480 e. The lowest BCUT2D eigenvalue weighted by Gasteiger charge is -2.22. The quantitative estimate of drug-likeness (QED) is 0.211. The van der Waals surface area contributed by atoms with Gasteiger partial charge in [0.2, 0.25) is 0 Å². The predicted molar refractivity (Wildman–Crippen MR) is 64.5 cm³/mol. The molecule has 6 unspecified atom stereocenters. The smallest absolute Gasteiger partial charge is 0.323 e. The fourth-order valence-electron chi connectivity index (χ4n) is 0.824. The molecule has 0 aromatic rings. The number of aldehydes is 1. The number of carboxylic acids is 1. The molecule has 9 N–H and O–H groups in total. The lowest BCUT2D eigenvalue weighted by atomic mass is 10.0. The van der Waals surface area contributed by atoms with Crippen LogP contribution in [0.15, 0.2) is 0 Å². The summed E-state index contributed by atoms with van der Waals surface area (Å²) in [5.41, 5.74) is 4.91. The van der Waals surface area contributed by atoms with Gasteiger partial charge in [0.05, 0.1) is 12.7 Å². The van der Waals surface area contributed by atoms with Gasteiger partial charge in [0.25, 0.3) is 0 Å². The van der Waals surface area contributed by atoms with E-state index in [-0.39, 0.29) is 6.29 Å². The van der Waals surface area contributed by atoms with Gasteiger partial charge in [-0.3, -0.25) is 4.79 Å². The van der Waals surface area contributed by atoms with Crippen LogP contribution in [0.5, 0.6) is 0 Å². The number of aliphatic hydroxyl groups excluding tert-OH is 6. The monoisotopic (exact) mass is 299 g/mol. The minimum absolute atomic E-state index is 0.0258. The van der Waals surface area contributed by atoms with E-state index in [1.54, 1.807) is 0 Å². The first kappa shape index (κ1) is 21.2. The van der Waals surface area contributed by atoms with Crippen LogP contribution in [0, 0.1) is 0 Å². The number of aliphatic carboxylic acids is 1. The summed E-state index contributed by atoms with van der Waals surface area (Å²) in [6.45, 7) is 0.572. The van der Waals surface area contributed by atoms with Crippen molar-refractivity contribution < 1.29 is 45.3 Å². The van der Waals surface area contributed by atoms with E-state index in [1.807, 2.05) is 0 Å². The third-order valence-electron chi connectivity index (χ3n) is 2.23. The van der Waals surface area contributed by atoms with Crippen LogP contribution in [0.25, 0.3) is 0 Å². The first-order chi connectivity index (χ1) is 9.09. The van der Waals surface area contributed by atoms with E-state index >= 15 is 0 Å². The van der Waals surface area contributed by atoms with Crippen LogP contribution in [0.3, 0.4) is 0 Å². The molecule has 0 spiro atoms. The molecule has 120 valence electrons. The van der Waals surface area contributed by atoms with Crippen LogP contribution < -0.4 is 5.73 Å². The van der Waals surface area contributed by atoms with E-state index in [0.717, 1.165) is 0 Å². The molecule has 10 heteroatoms. The lowest BCUT2D eigenvalue weighted by molar-refractivity contribution is -0.140. The highest BCUT2D eigenvalue weighted by molar-refractivity contribution is 5.73. The normalized spacial score (nSPS) is 19.6. The number of carboxylic acid groups (broad SMARTS) is 1. The maximum Gasteiger partial charge on any atom is 0.323 e. The molecule has 0 fully saturated rings. The van der Waals surface area contributed by atoms with Crippen LogP contribution >= 0.6 is 0 Å².